The molecule has 0 bridgehead atoms. The summed E-state index contributed by atoms with van der Waals surface area (Å²) in [5.74, 6) is -0.378. The lowest BCUT2D eigenvalue weighted by atomic mass is 10.0. The lowest BCUT2D eigenvalue weighted by Gasteiger charge is -2.17. The fraction of sp³-hybridized carbons (Fsp3) is 0.273. The Balaban J connectivity index is 3.16. The van der Waals surface area contributed by atoms with Crippen LogP contribution in [0.15, 0.2) is 30.4 Å². The molecule has 1 rings (SSSR count). The van der Waals surface area contributed by atoms with Gasteiger partial charge >= 0.3 is 0 Å². The molecule has 0 saturated carbocycles. The topological polar surface area (TPSA) is 12.0 Å². The number of hydrogen-bond donors (Lipinski definition) is 1. The van der Waals surface area contributed by atoms with E-state index >= 15 is 0 Å². The molecule has 14 heavy (non-hydrogen) atoms. The Morgan fingerprint density at radius 3 is 2.71 bits per heavy atom. The molecule has 1 aromatic carbocycles. The van der Waals surface area contributed by atoms with Crippen molar-refractivity contribution < 1.29 is 4.39 Å². The van der Waals surface area contributed by atoms with Crippen LogP contribution in [0.4, 0.5) is 4.39 Å². The number of nitrogens with one attached hydrogen (secondary N) is 1. The van der Waals surface area contributed by atoms with Crippen LogP contribution in [0.2, 0.25) is 5.02 Å². The molecule has 0 heterocycles. The Morgan fingerprint density at radius 2 is 2.21 bits per heavy atom. The van der Waals surface area contributed by atoms with E-state index < -0.39 is 0 Å². The Kier molecular flexibility index (Phi) is 3.67. The second-order valence-corrected chi connectivity index (χ2v) is 3.62. The normalized spacial score (nSPS) is 12.6. The summed E-state index contributed by atoms with van der Waals surface area (Å²) in [5.41, 5.74) is 1.39. The molecule has 1 N–H and O–H groups in total. The van der Waals surface area contributed by atoms with Crippen LogP contribution in [0, 0.1) is 5.82 Å². The summed E-state index contributed by atoms with van der Waals surface area (Å²) in [6.07, 6.45) is 0. The molecule has 1 atom stereocenters. The number of likely N-dealkylation sites (N-methyl/N-ethyl adjacent to an activating group) is 1. The Bertz CT molecular complexity index is 349. The average Bonchev–Trinajstić information content (AvgIpc) is 2.13. The Morgan fingerprint density at radius 1 is 1.57 bits per heavy atom. The van der Waals surface area contributed by atoms with Crippen LogP contribution < -0.4 is 5.32 Å². The first kappa shape index (κ1) is 11.2. The van der Waals surface area contributed by atoms with Gasteiger partial charge in [0, 0.05) is 5.56 Å². The van der Waals surface area contributed by atoms with Gasteiger partial charge in [0.1, 0.15) is 5.82 Å². The van der Waals surface area contributed by atoms with Crippen molar-refractivity contribution in [3.8, 4) is 0 Å². The Labute approximate surface area is 88.6 Å². The fourth-order valence-electron chi connectivity index (χ4n) is 1.41. The number of halogens is 2. The molecule has 1 aromatic rings. The first-order valence-corrected chi connectivity index (χ1v) is 4.72. The third-order valence-corrected chi connectivity index (χ3v) is 2.37. The van der Waals surface area contributed by atoms with Crippen molar-refractivity contribution in [3.63, 3.8) is 0 Å². The van der Waals surface area contributed by atoms with Crippen molar-refractivity contribution in [1.29, 1.82) is 0 Å². The number of hydrogen-bond acceptors (Lipinski definition) is 1. The maximum Gasteiger partial charge on any atom is 0.146 e. The highest BCUT2D eigenvalue weighted by molar-refractivity contribution is 6.30. The van der Waals surface area contributed by atoms with E-state index in [1.807, 2.05) is 6.92 Å². The molecule has 0 aliphatic rings. The predicted molar refractivity (Wildman–Crippen MR) is 58.0 cm³/mol. The Hall–Kier alpha value is -0.860. The molecule has 1 unspecified atom stereocenters. The largest absolute Gasteiger partial charge is 0.310 e. The highest BCUT2D eigenvalue weighted by atomic mass is 35.5. The van der Waals surface area contributed by atoms with Gasteiger partial charge in [-0.3, -0.25) is 0 Å². The van der Waals surface area contributed by atoms with E-state index in [9.17, 15) is 4.39 Å². The van der Waals surface area contributed by atoms with Gasteiger partial charge in [-0.1, -0.05) is 35.9 Å². The van der Waals surface area contributed by atoms with Gasteiger partial charge in [0.25, 0.3) is 0 Å². The van der Waals surface area contributed by atoms with Crippen LogP contribution >= 0.6 is 11.6 Å². The molecule has 0 amide bonds. The van der Waals surface area contributed by atoms with Crippen molar-refractivity contribution >= 4 is 11.6 Å². The second-order valence-electron chi connectivity index (χ2n) is 3.21. The van der Waals surface area contributed by atoms with Crippen molar-refractivity contribution in [1.82, 2.24) is 5.32 Å². The summed E-state index contributed by atoms with van der Waals surface area (Å²) in [7, 11) is 1.76. The predicted octanol–water partition coefficient (Wildman–Crippen LogP) is 3.32. The minimum Gasteiger partial charge on any atom is -0.310 e. The molecule has 0 radical (unpaired) electrons. The smallest absolute Gasteiger partial charge is 0.146 e. The van der Waals surface area contributed by atoms with Gasteiger partial charge in [0.2, 0.25) is 0 Å². The lowest BCUT2D eigenvalue weighted by molar-refractivity contribution is 0.573. The summed E-state index contributed by atoms with van der Waals surface area (Å²) in [6, 6.07) is 4.78. The van der Waals surface area contributed by atoms with Gasteiger partial charge in [-0.25, -0.2) is 4.39 Å². The summed E-state index contributed by atoms with van der Waals surface area (Å²) in [6.45, 7) is 5.65. The van der Waals surface area contributed by atoms with E-state index in [0.29, 0.717) is 5.56 Å². The van der Waals surface area contributed by atoms with Crippen LogP contribution in [-0.4, -0.2) is 7.05 Å². The van der Waals surface area contributed by atoms with Gasteiger partial charge in [0.15, 0.2) is 0 Å². The zero-order chi connectivity index (χ0) is 10.7. The van der Waals surface area contributed by atoms with E-state index in [4.69, 9.17) is 11.6 Å². The van der Waals surface area contributed by atoms with Crippen LogP contribution in [-0.2, 0) is 0 Å². The quantitative estimate of drug-likeness (QED) is 0.760. The zero-order valence-electron chi connectivity index (χ0n) is 8.27. The van der Waals surface area contributed by atoms with Crippen molar-refractivity contribution in [3.05, 3.63) is 46.8 Å². The molecule has 0 aliphatic heterocycles. The first-order chi connectivity index (χ1) is 6.57. The van der Waals surface area contributed by atoms with Crippen LogP contribution in [0.25, 0.3) is 0 Å². The van der Waals surface area contributed by atoms with Gasteiger partial charge in [-0.15, -0.1) is 0 Å². The van der Waals surface area contributed by atoms with E-state index in [1.54, 1.807) is 19.2 Å². The lowest BCUT2D eigenvalue weighted by Crippen LogP contribution is -2.18. The fourth-order valence-corrected chi connectivity index (χ4v) is 1.59. The van der Waals surface area contributed by atoms with Gasteiger partial charge in [-0.2, -0.15) is 0 Å². The SMILES string of the molecule is C=C(C)C(NC)c1cccc(Cl)c1F. The highest BCUT2D eigenvalue weighted by Gasteiger charge is 2.15. The van der Waals surface area contributed by atoms with E-state index in [2.05, 4.69) is 11.9 Å². The van der Waals surface area contributed by atoms with Gasteiger partial charge in [0.05, 0.1) is 11.1 Å². The molecule has 1 nitrogen and oxygen atoms in total. The summed E-state index contributed by atoms with van der Waals surface area (Å²) >= 11 is 5.69. The molecule has 0 aromatic heterocycles. The third-order valence-electron chi connectivity index (χ3n) is 2.07. The molecular formula is C11H13ClFN. The second kappa shape index (κ2) is 4.58. The maximum atomic E-state index is 13.6. The molecule has 0 saturated heterocycles. The standard InChI is InChI=1S/C11H13ClFN/c1-7(2)11(14-3)8-5-4-6-9(12)10(8)13/h4-6,11,14H,1H2,2-3H3. The van der Waals surface area contributed by atoms with Crippen LogP contribution in [0.1, 0.15) is 18.5 Å². The monoisotopic (exact) mass is 213 g/mol. The molecule has 76 valence electrons. The first-order valence-electron chi connectivity index (χ1n) is 4.34. The molecule has 0 fully saturated rings. The van der Waals surface area contributed by atoms with Gasteiger partial charge in [-0.05, 0) is 20.0 Å². The molecule has 0 aliphatic carbocycles. The average molecular weight is 214 g/mol. The summed E-state index contributed by atoms with van der Waals surface area (Å²) < 4.78 is 13.6. The van der Waals surface area contributed by atoms with Crippen LogP contribution in [0.5, 0.6) is 0 Å². The highest BCUT2D eigenvalue weighted by Crippen LogP contribution is 2.26. The van der Waals surface area contributed by atoms with E-state index in [0.717, 1.165) is 5.57 Å². The molecule has 0 spiro atoms. The minimum atomic E-state index is -0.378. The zero-order valence-corrected chi connectivity index (χ0v) is 9.03. The van der Waals surface area contributed by atoms with Gasteiger partial charge < -0.3 is 5.32 Å². The van der Waals surface area contributed by atoms with Crippen molar-refractivity contribution in [2.75, 3.05) is 7.05 Å². The summed E-state index contributed by atoms with van der Waals surface area (Å²) in [4.78, 5) is 0. The van der Waals surface area contributed by atoms with Crippen molar-refractivity contribution in [2.45, 2.75) is 13.0 Å². The molecule has 3 heteroatoms. The van der Waals surface area contributed by atoms with E-state index in [-0.39, 0.29) is 16.9 Å². The molecular weight excluding hydrogens is 201 g/mol. The van der Waals surface area contributed by atoms with Crippen molar-refractivity contribution in [2.24, 2.45) is 0 Å². The maximum absolute atomic E-state index is 13.6. The number of benzene rings is 1. The number of rotatable bonds is 3. The minimum absolute atomic E-state index is 0.143. The summed E-state index contributed by atoms with van der Waals surface area (Å²) in [5, 5.41) is 3.13. The van der Waals surface area contributed by atoms with E-state index in [1.165, 1.54) is 6.07 Å². The van der Waals surface area contributed by atoms with Crippen LogP contribution in [0.3, 0.4) is 0 Å². The third kappa shape index (κ3) is 2.14.